The predicted molar refractivity (Wildman–Crippen MR) is 107 cm³/mol. The molecular weight excluding hydrogens is 384 g/mol. The highest BCUT2D eigenvalue weighted by Crippen LogP contribution is 2.19. The largest absolute Gasteiger partial charge is 0.480 e. The fraction of sp³-hybridized carbons (Fsp3) is 0.389. The first-order chi connectivity index (χ1) is 13.2. The molecule has 2 aromatic rings. The normalized spacial score (nSPS) is 15.4. The minimum atomic E-state index is -1.23. The molecule has 0 spiro atoms. The molecular formula is C18H24N4O5S. The molecule has 7 N–H and O–H groups in total. The monoisotopic (exact) mass is 408 g/mol. The van der Waals surface area contributed by atoms with Crippen molar-refractivity contribution >= 4 is 41.3 Å². The molecule has 0 saturated carbocycles. The van der Waals surface area contributed by atoms with Gasteiger partial charge in [0.05, 0.1) is 6.10 Å². The van der Waals surface area contributed by atoms with Crippen LogP contribution in [-0.4, -0.2) is 63.0 Å². The Hall–Kier alpha value is -2.56. The predicted octanol–water partition coefficient (Wildman–Crippen LogP) is -0.597. The van der Waals surface area contributed by atoms with Crippen LogP contribution in [0.1, 0.15) is 12.5 Å². The van der Waals surface area contributed by atoms with Crippen LogP contribution in [0, 0.1) is 0 Å². The van der Waals surface area contributed by atoms with Gasteiger partial charge in [-0.25, -0.2) is 4.79 Å². The summed E-state index contributed by atoms with van der Waals surface area (Å²) >= 11 is 3.92. The zero-order chi connectivity index (χ0) is 20.8. The number of benzene rings is 1. The van der Waals surface area contributed by atoms with E-state index in [1.54, 1.807) is 6.20 Å². The molecule has 0 aliphatic heterocycles. The Kier molecular flexibility index (Phi) is 7.44. The molecule has 2 amide bonds. The number of aliphatic hydroxyl groups is 1. The number of carbonyl (C=O) groups excluding carboxylic acids is 2. The molecule has 0 bridgehead atoms. The summed E-state index contributed by atoms with van der Waals surface area (Å²) in [5.74, 6) is -2.74. The van der Waals surface area contributed by atoms with Crippen LogP contribution in [0.15, 0.2) is 30.5 Å². The van der Waals surface area contributed by atoms with E-state index < -0.39 is 42.0 Å². The maximum atomic E-state index is 12.7. The number of carboxylic acid groups (broad SMARTS) is 1. The van der Waals surface area contributed by atoms with Crippen LogP contribution in [-0.2, 0) is 20.8 Å². The summed E-state index contributed by atoms with van der Waals surface area (Å²) in [5.41, 5.74) is 7.27. The number of para-hydroxylation sites is 1. The minimum absolute atomic E-state index is 0.104. The van der Waals surface area contributed by atoms with E-state index in [1.807, 2.05) is 24.3 Å². The molecule has 10 heteroatoms. The standard InChI is InChI=1S/C18H24N4O5S/c1-9(23)15(19)17(25)21-13(16(24)22-14(8-28)18(26)27)6-10-7-20-12-5-3-2-4-11(10)12/h2-5,7,9,13-15,20,23,28H,6,8,19H2,1H3,(H,21,25)(H,22,24)(H,26,27). The number of fused-ring (bicyclic) bond motifs is 1. The first kappa shape index (κ1) is 21.7. The average Bonchev–Trinajstić information content (AvgIpc) is 3.07. The number of carboxylic acids is 1. The van der Waals surface area contributed by atoms with Crippen molar-refractivity contribution in [3.8, 4) is 0 Å². The number of hydrogen-bond acceptors (Lipinski definition) is 6. The van der Waals surface area contributed by atoms with Crippen molar-refractivity contribution in [2.24, 2.45) is 5.73 Å². The number of aliphatic hydroxyl groups excluding tert-OH is 1. The molecule has 9 nitrogen and oxygen atoms in total. The van der Waals surface area contributed by atoms with Crippen LogP contribution in [0.25, 0.3) is 10.9 Å². The summed E-state index contributed by atoms with van der Waals surface area (Å²) in [6.07, 6.45) is 0.715. The SMILES string of the molecule is CC(O)C(N)C(=O)NC(Cc1c[nH]c2ccccc12)C(=O)NC(CS)C(=O)O. The third-order valence-corrected chi connectivity index (χ3v) is 4.72. The van der Waals surface area contributed by atoms with Gasteiger partial charge in [0.15, 0.2) is 0 Å². The summed E-state index contributed by atoms with van der Waals surface area (Å²) in [6.45, 7) is 1.36. The maximum Gasteiger partial charge on any atom is 0.327 e. The molecule has 0 saturated heterocycles. The number of aromatic nitrogens is 1. The minimum Gasteiger partial charge on any atom is -0.480 e. The lowest BCUT2D eigenvalue weighted by Gasteiger charge is -2.23. The number of carbonyl (C=O) groups is 3. The first-order valence-electron chi connectivity index (χ1n) is 8.67. The zero-order valence-corrected chi connectivity index (χ0v) is 16.1. The Morgan fingerprint density at radius 1 is 1.18 bits per heavy atom. The van der Waals surface area contributed by atoms with Crippen LogP contribution < -0.4 is 16.4 Å². The molecule has 0 fully saturated rings. The third kappa shape index (κ3) is 5.24. The van der Waals surface area contributed by atoms with Crippen molar-refractivity contribution < 1.29 is 24.6 Å². The van der Waals surface area contributed by atoms with E-state index in [-0.39, 0.29) is 12.2 Å². The quantitative estimate of drug-likeness (QED) is 0.275. The maximum absolute atomic E-state index is 12.7. The molecule has 2 rings (SSSR count). The van der Waals surface area contributed by atoms with Gasteiger partial charge < -0.3 is 31.6 Å². The van der Waals surface area contributed by atoms with Crippen molar-refractivity contribution in [3.05, 3.63) is 36.0 Å². The highest BCUT2D eigenvalue weighted by molar-refractivity contribution is 7.80. The lowest BCUT2D eigenvalue weighted by atomic mass is 10.0. The van der Waals surface area contributed by atoms with Crippen LogP contribution in [0.5, 0.6) is 0 Å². The topological polar surface area (TPSA) is 158 Å². The van der Waals surface area contributed by atoms with Crippen LogP contribution >= 0.6 is 12.6 Å². The highest BCUT2D eigenvalue weighted by Gasteiger charge is 2.29. The lowest BCUT2D eigenvalue weighted by molar-refractivity contribution is -0.141. The smallest absolute Gasteiger partial charge is 0.327 e. The molecule has 0 aliphatic carbocycles. The lowest BCUT2D eigenvalue weighted by Crippen LogP contribution is -2.57. The number of aliphatic carboxylic acids is 1. The first-order valence-corrected chi connectivity index (χ1v) is 9.31. The number of rotatable bonds is 9. The van der Waals surface area contributed by atoms with Gasteiger partial charge in [0.1, 0.15) is 18.1 Å². The molecule has 152 valence electrons. The van der Waals surface area contributed by atoms with E-state index >= 15 is 0 Å². The van der Waals surface area contributed by atoms with Crippen molar-refractivity contribution in [1.29, 1.82) is 0 Å². The Balaban J connectivity index is 2.25. The van der Waals surface area contributed by atoms with E-state index in [1.165, 1.54) is 6.92 Å². The number of nitrogens with two attached hydrogens (primary N) is 1. The van der Waals surface area contributed by atoms with Gasteiger partial charge in [0.2, 0.25) is 11.8 Å². The summed E-state index contributed by atoms with van der Waals surface area (Å²) in [4.78, 5) is 39.2. The molecule has 1 heterocycles. The van der Waals surface area contributed by atoms with Gasteiger partial charge in [0.25, 0.3) is 0 Å². The molecule has 1 aromatic heterocycles. The van der Waals surface area contributed by atoms with Crippen LogP contribution in [0.4, 0.5) is 0 Å². The van der Waals surface area contributed by atoms with Crippen molar-refractivity contribution in [1.82, 2.24) is 15.6 Å². The number of H-pyrrole nitrogens is 1. The number of amides is 2. The van der Waals surface area contributed by atoms with Gasteiger partial charge in [-0.3, -0.25) is 9.59 Å². The zero-order valence-electron chi connectivity index (χ0n) is 15.3. The Labute approximate surface area is 167 Å². The second-order valence-electron chi connectivity index (χ2n) is 6.47. The molecule has 1 aromatic carbocycles. The highest BCUT2D eigenvalue weighted by atomic mass is 32.1. The van der Waals surface area contributed by atoms with Gasteiger partial charge in [0, 0.05) is 29.3 Å². The van der Waals surface area contributed by atoms with Crippen LogP contribution in [0.2, 0.25) is 0 Å². The number of nitrogens with one attached hydrogen (secondary N) is 3. The Morgan fingerprint density at radius 2 is 1.82 bits per heavy atom. The number of thiol groups is 1. The summed E-state index contributed by atoms with van der Waals surface area (Å²) < 4.78 is 0. The summed E-state index contributed by atoms with van der Waals surface area (Å²) in [5, 5.41) is 24.4. The third-order valence-electron chi connectivity index (χ3n) is 4.35. The Morgan fingerprint density at radius 3 is 2.43 bits per heavy atom. The Bertz CT molecular complexity index is 853. The molecule has 0 aliphatic rings. The molecule has 4 unspecified atom stereocenters. The molecule has 28 heavy (non-hydrogen) atoms. The van der Waals surface area contributed by atoms with E-state index in [9.17, 15) is 19.5 Å². The van der Waals surface area contributed by atoms with E-state index in [4.69, 9.17) is 10.8 Å². The second-order valence-corrected chi connectivity index (χ2v) is 6.84. The van der Waals surface area contributed by atoms with Crippen LogP contribution in [0.3, 0.4) is 0 Å². The summed E-state index contributed by atoms with van der Waals surface area (Å²) in [6, 6.07) is 3.93. The fourth-order valence-electron chi connectivity index (χ4n) is 2.67. The van der Waals surface area contributed by atoms with Gasteiger partial charge in [-0.1, -0.05) is 18.2 Å². The summed E-state index contributed by atoms with van der Waals surface area (Å²) in [7, 11) is 0. The van der Waals surface area contributed by atoms with Crippen molar-refractivity contribution in [2.75, 3.05) is 5.75 Å². The van der Waals surface area contributed by atoms with Gasteiger partial charge in [-0.05, 0) is 18.6 Å². The van der Waals surface area contributed by atoms with Gasteiger partial charge >= 0.3 is 5.97 Å². The van der Waals surface area contributed by atoms with E-state index in [0.29, 0.717) is 0 Å². The molecule has 4 atom stereocenters. The van der Waals surface area contributed by atoms with Gasteiger partial charge in [-0.2, -0.15) is 12.6 Å². The average molecular weight is 408 g/mol. The number of hydrogen-bond donors (Lipinski definition) is 7. The van der Waals surface area contributed by atoms with Crippen molar-refractivity contribution in [2.45, 2.75) is 37.6 Å². The fourth-order valence-corrected chi connectivity index (χ4v) is 2.92. The second kappa shape index (κ2) is 9.58. The number of aromatic amines is 1. The van der Waals surface area contributed by atoms with Crippen molar-refractivity contribution in [3.63, 3.8) is 0 Å². The van der Waals surface area contributed by atoms with E-state index in [0.717, 1.165) is 16.5 Å². The van der Waals surface area contributed by atoms with Gasteiger partial charge in [-0.15, -0.1) is 0 Å². The van der Waals surface area contributed by atoms with E-state index in [2.05, 4.69) is 28.2 Å². The molecule has 0 radical (unpaired) electrons.